The van der Waals surface area contributed by atoms with Crippen LogP contribution in [0.1, 0.15) is 46.7 Å². The Kier molecular flexibility index (Phi) is 6.98. The van der Waals surface area contributed by atoms with E-state index in [0.717, 1.165) is 40.1 Å². The highest BCUT2D eigenvalue weighted by Crippen LogP contribution is 2.36. The van der Waals surface area contributed by atoms with Crippen LogP contribution in [0.25, 0.3) is 11.1 Å². The van der Waals surface area contributed by atoms with Gasteiger partial charge >= 0.3 is 0 Å². The number of hydrogen-bond acceptors (Lipinski definition) is 4. The second kappa shape index (κ2) is 9.65. The van der Waals surface area contributed by atoms with Crippen LogP contribution >= 0.6 is 0 Å². The minimum absolute atomic E-state index is 0.167. The molecule has 1 amide bonds. The quantitative estimate of drug-likeness (QED) is 0.545. The summed E-state index contributed by atoms with van der Waals surface area (Å²) in [4.78, 5) is 17.8. The number of benzene rings is 2. The Hall–Kier alpha value is -3.02. The molecule has 0 aliphatic carbocycles. The van der Waals surface area contributed by atoms with E-state index in [-0.39, 0.29) is 5.91 Å². The average molecular weight is 403 g/mol. The van der Waals surface area contributed by atoms with E-state index in [1.165, 1.54) is 0 Å². The number of anilines is 1. The predicted molar refractivity (Wildman–Crippen MR) is 123 cm³/mol. The Bertz CT molecular complexity index is 1010. The molecule has 0 saturated heterocycles. The zero-order chi connectivity index (χ0) is 21.7. The summed E-state index contributed by atoms with van der Waals surface area (Å²) in [5.41, 5.74) is 19.0. The van der Waals surface area contributed by atoms with Crippen LogP contribution in [0.5, 0.6) is 0 Å². The van der Waals surface area contributed by atoms with E-state index in [9.17, 15) is 4.79 Å². The van der Waals surface area contributed by atoms with Gasteiger partial charge in [-0.2, -0.15) is 0 Å². The molecule has 0 unspecified atom stereocenters. The molecule has 0 aliphatic rings. The second-order valence-electron chi connectivity index (χ2n) is 7.90. The first-order chi connectivity index (χ1) is 14.4. The van der Waals surface area contributed by atoms with Crippen LogP contribution in [-0.4, -0.2) is 10.9 Å². The SMILES string of the molecule is Cc1nc(CC(C)C)c(CN)c(-c2ccc(CN)cc2)c1NC(=O)c1ccccc1. The van der Waals surface area contributed by atoms with Crippen LogP contribution in [0, 0.1) is 12.8 Å². The van der Waals surface area contributed by atoms with Gasteiger partial charge in [-0.1, -0.05) is 56.3 Å². The molecule has 3 rings (SSSR count). The Morgan fingerprint density at radius 3 is 2.23 bits per heavy atom. The van der Waals surface area contributed by atoms with Crippen molar-refractivity contribution in [3.05, 3.63) is 82.7 Å². The van der Waals surface area contributed by atoms with Crippen LogP contribution < -0.4 is 16.8 Å². The first-order valence-electron chi connectivity index (χ1n) is 10.3. The fourth-order valence-electron chi connectivity index (χ4n) is 3.63. The number of pyridine rings is 1. The molecule has 1 heterocycles. The highest BCUT2D eigenvalue weighted by atomic mass is 16.1. The van der Waals surface area contributed by atoms with Crippen molar-refractivity contribution in [2.24, 2.45) is 17.4 Å². The third kappa shape index (κ3) is 4.75. The van der Waals surface area contributed by atoms with Crippen LogP contribution in [0.15, 0.2) is 54.6 Å². The van der Waals surface area contributed by atoms with Crippen molar-refractivity contribution in [2.45, 2.75) is 40.3 Å². The molecule has 2 aromatic carbocycles. The molecule has 0 saturated carbocycles. The number of nitrogens with zero attached hydrogens (tertiary/aromatic N) is 1. The predicted octanol–water partition coefficient (Wildman–Crippen LogP) is 4.43. The normalized spacial score (nSPS) is 11.0. The summed E-state index contributed by atoms with van der Waals surface area (Å²) in [6.07, 6.45) is 0.828. The molecule has 0 aliphatic heterocycles. The van der Waals surface area contributed by atoms with Gasteiger partial charge in [0, 0.05) is 29.9 Å². The maximum atomic E-state index is 12.9. The van der Waals surface area contributed by atoms with Gasteiger partial charge in [0.2, 0.25) is 0 Å². The average Bonchev–Trinajstić information content (AvgIpc) is 2.75. The molecule has 156 valence electrons. The fraction of sp³-hybridized carbons (Fsp3) is 0.280. The largest absolute Gasteiger partial charge is 0.326 e. The maximum Gasteiger partial charge on any atom is 0.255 e. The molecule has 3 aromatic rings. The second-order valence-corrected chi connectivity index (χ2v) is 7.90. The first-order valence-corrected chi connectivity index (χ1v) is 10.3. The van der Waals surface area contributed by atoms with E-state index in [1.807, 2.05) is 49.4 Å². The van der Waals surface area contributed by atoms with Crippen LogP contribution in [0.4, 0.5) is 5.69 Å². The van der Waals surface area contributed by atoms with Gasteiger partial charge in [-0.05, 0) is 48.1 Å². The van der Waals surface area contributed by atoms with Crippen molar-refractivity contribution < 1.29 is 4.79 Å². The minimum atomic E-state index is -0.167. The molecular formula is C25H30N4O. The third-order valence-corrected chi connectivity index (χ3v) is 5.12. The molecule has 0 fully saturated rings. The lowest BCUT2D eigenvalue weighted by Gasteiger charge is -2.21. The Balaban J connectivity index is 2.17. The summed E-state index contributed by atoms with van der Waals surface area (Å²) < 4.78 is 0. The molecule has 5 nitrogen and oxygen atoms in total. The molecule has 1 aromatic heterocycles. The van der Waals surface area contributed by atoms with Crippen LogP contribution in [-0.2, 0) is 19.5 Å². The van der Waals surface area contributed by atoms with Gasteiger partial charge < -0.3 is 16.8 Å². The van der Waals surface area contributed by atoms with Gasteiger partial charge in [-0.15, -0.1) is 0 Å². The molecule has 0 radical (unpaired) electrons. The summed E-state index contributed by atoms with van der Waals surface area (Å²) in [7, 11) is 0. The summed E-state index contributed by atoms with van der Waals surface area (Å²) in [6, 6.07) is 17.3. The minimum Gasteiger partial charge on any atom is -0.326 e. The monoisotopic (exact) mass is 402 g/mol. The topological polar surface area (TPSA) is 94.0 Å². The number of aromatic nitrogens is 1. The number of amides is 1. The highest BCUT2D eigenvalue weighted by Gasteiger charge is 2.21. The van der Waals surface area contributed by atoms with Gasteiger partial charge in [0.25, 0.3) is 5.91 Å². The van der Waals surface area contributed by atoms with Crippen molar-refractivity contribution in [1.82, 2.24) is 4.98 Å². The van der Waals surface area contributed by atoms with Crippen LogP contribution in [0.3, 0.4) is 0 Å². The molecule has 0 atom stereocenters. The van der Waals surface area contributed by atoms with Crippen molar-refractivity contribution in [3.63, 3.8) is 0 Å². The number of nitrogens with one attached hydrogen (secondary N) is 1. The Morgan fingerprint density at radius 2 is 1.67 bits per heavy atom. The van der Waals surface area contributed by atoms with Gasteiger partial charge in [0.05, 0.1) is 11.4 Å². The smallest absolute Gasteiger partial charge is 0.255 e. The van der Waals surface area contributed by atoms with Gasteiger partial charge in [-0.25, -0.2) is 0 Å². The van der Waals surface area contributed by atoms with E-state index in [0.29, 0.717) is 30.3 Å². The van der Waals surface area contributed by atoms with Crippen molar-refractivity contribution >= 4 is 11.6 Å². The van der Waals surface area contributed by atoms with Crippen molar-refractivity contribution in [3.8, 4) is 11.1 Å². The molecule has 5 N–H and O–H groups in total. The molecular weight excluding hydrogens is 372 g/mol. The summed E-state index contributed by atoms with van der Waals surface area (Å²) in [5, 5.41) is 3.10. The Morgan fingerprint density at radius 1 is 1.00 bits per heavy atom. The van der Waals surface area contributed by atoms with E-state index in [1.54, 1.807) is 12.1 Å². The number of hydrogen-bond donors (Lipinski definition) is 3. The third-order valence-electron chi connectivity index (χ3n) is 5.12. The van der Waals surface area contributed by atoms with Crippen LogP contribution in [0.2, 0.25) is 0 Å². The number of aryl methyl sites for hydroxylation is 1. The first kappa shape index (κ1) is 21.7. The lowest BCUT2D eigenvalue weighted by molar-refractivity contribution is 0.102. The van der Waals surface area contributed by atoms with Gasteiger partial charge in [0.15, 0.2) is 0 Å². The molecule has 0 spiro atoms. The molecule has 5 heteroatoms. The number of carbonyl (C=O) groups is 1. The van der Waals surface area contributed by atoms with E-state index < -0.39 is 0 Å². The lowest BCUT2D eigenvalue weighted by atomic mass is 9.92. The summed E-state index contributed by atoms with van der Waals surface area (Å²) >= 11 is 0. The molecule has 0 bridgehead atoms. The standard InChI is InChI=1S/C25H30N4O/c1-16(2)13-22-21(15-27)23(19-11-9-18(14-26)10-12-19)24(17(3)28-22)29-25(30)20-7-5-4-6-8-20/h4-12,16H,13-15,26-27H2,1-3H3,(H,29,30). The number of rotatable bonds is 7. The maximum absolute atomic E-state index is 12.9. The number of carbonyl (C=O) groups excluding carboxylic acids is 1. The fourth-order valence-corrected chi connectivity index (χ4v) is 3.63. The zero-order valence-corrected chi connectivity index (χ0v) is 17.9. The van der Waals surface area contributed by atoms with Gasteiger partial charge in [-0.3, -0.25) is 9.78 Å². The van der Waals surface area contributed by atoms with E-state index in [4.69, 9.17) is 16.5 Å². The highest BCUT2D eigenvalue weighted by molar-refractivity contribution is 6.07. The summed E-state index contributed by atoms with van der Waals surface area (Å²) in [6.45, 7) is 7.09. The van der Waals surface area contributed by atoms with Gasteiger partial charge in [0.1, 0.15) is 0 Å². The Labute approximate surface area is 178 Å². The number of nitrogens with two attached hydrogens (primary N) is 2. The van der Waals surface area contributed by atoms with E-state index in [2.05, 4.69) is 19.2 Å². The lowest BCUT2D eigenvalue weighted by Crippen LogP contribution is -2.18. The van der Waals surface area contributed by atoms with Crippen molar-refractivity contribution in [1.29, 1.82) is 0 Å². The van der Waals surface area contributed by atoms with Crippen molar-refractivity contribution in [2.75, 3.05) is 5.32 Å². The zero-order valence-electron chi connectivity index (χ0n) is 17.9. The summed E-state index contributed by atoms with van der Waals surface area (Å²) in [5.74, 6) is 0.277. The van der Waals surface area contributed by atoms with E-state index >= 15 is 0 Å². The molecule has 30 heavy (non-hydrogen) atoms.